The highest BCUT2D eigenvalue weighted by Crippen LogP contribution is 2.30. The minimum atomic E-state index is -3.56. The van der Waals surface area contributed by atoms with Crippen molar-refractivity contribution in [3.05, 3.63) is 23.3 Å². The number of nitrogens with one attached hydrogen (secondary N) is 1. The van der Waals surface area contributed by atoms with Crippen LogP contribution in [0.5, 0.6) is 5.75 Å². The molecule has 5 heteroatoms. The van der Waals surface area contributed by atoms with E-state index < -0.39 is 10.0 Å². The zero-order chi connectivity index (χ0) is 16.3. The van der Waals surface area contributed by atoms with Crippen molar-refractivity contribution in [2.45, 2.75) is 64.3 Å². The summed E-state index contributed by atoms with van der Waals surface area (Å²) in [5, 5.41) is 0. The Morgan fingerprint density at radius 2 is 1.82 bits per heavy atom. The molecule has 0 amide bonds. The van der Waals surface area contributed by atoms with Crippen LogP contribution in [0.25, 0.3) is 0 Å². The van der Waals surface area contributed by atoms with Crippen LogP contribution in [-0.2, 0) is 10.0 Å². The van der Waals surface area contributed by atoms with E-state index in [9.17, 15) is 8.42 Å². The van der Waals surface area contributed by atoms with Gasteiger partial charge in [-0.05, 0) is 62.8 Å². The lowest BCUT2D eigenvalue weighted by molar-refractivity contribution is 0.308. The van der Waals surface area contributed by atoms with Crippen LogP contribution in [0.2, 0.25) is 0 Å². The van der Waals surface area contributed by atoms with Crippen molar-refractivity contribution in [1.29, 1.82) is 0 Å². The molecule has 0 radical (unpaired) electrons. The largest absolute Gasteiger partial charge is 0.492 e. The number of hydrogen-bond acceptors (Lipinski definition) is 3. The van der Waals surface area contributed by atoms with Crippen LogP contribution >= 0.6 is 0 Å². The van der Waals surface area contributed by atoms with Gasteiger partial charge in [0.05, 0.1) is 6.61 Å². The number of hydrogen-bond donors (Lipinski definition) is 1. The van der Waals surface area contributed by atoms with E-state index in [0.717, 1.165) is 30.4 Å². The molecule has 0 unspecified atom stereocenters. The van der Waals surface area contributed by atoms with Crippen LogP contribution < -0.4 is 9.46 Å². The van der Waals surface area contributed by atoms with Gasteiger partial charge in [0, 0.05) is 6.04 Å². The van der Waals surface area contributed by atoms with Crippen LogP contribution in [0.4, 0.5) is 0 Å². The molecular formula is C17H27NO3S. The molecule has 0 spiro atoms. The molecule has 1 saturated carbocycles. The summed E-state index contributed by atoms with van der Waals surface area (Å²) in [7, 11) is -3.56. The maximum Gasteiger partial charge on any atom is 0.244 e. The second kappa shape index (κ2) is 7.01. The summed E-state index contributed by atoms with van der Waals surface area (Å²) in [6.07, 6.45) is 4.27. The predicted molar refractivity (Wildman–Crippen MR) is 88.8 cm³/mol. The maximum absolute atomic E-state index is 12.8. The first-order valence-electron chi connectivity index (χ1n) is 8.11. The number of aryl methyl sites for hydroxylation is 2. The summed E-state index contributed by atoms with van der Waals surface area (Å²) in [5.41, 5.74) is 1.99. The molecule has 2 atom stereocenters. The molecule has 1 N–H and O–H groups in total. The Bertz CT molecular complexity index is 625. The molecule has 0 aromatic heterocycles. The Morgan fingerprint density at radius 3 is 2.45 bits per heavy atom. The van der Waals surface area contributed by atoms with Gasteiger partial charge in [-0.2, -0.15) is 0 Å². The van der Waals surface area contributed by atoms with Crippen molar-refractivity contribution in [3.63, 3.8) is 0 Å². The summed E-state index contributed by atoms with van der Waals surface area (Å²) >= 11 is 0. The van der Waals surface area contributed by atoms with E-state index in [2.05, 4.69) is 11.6 Å². The van der Waals surface area contributed by atoms with Crippen molar-refractivity contribution in [3.8, 4) is 5.75 Å². The highest BCUT2D eigenvalue weighted by Gasteiger charge is 2.29. The number of benzene rings is 1. The summed E-state index contributed by atoms with van der Waals surface area (Å²) < 4.78 is 34.1. The van der Waals surface area contributed by atoms with E-state index in [0.29, 0.717) is 18.3 Å². The lowest BCUT2D eigenvalue weighted by Crippen LogP contribution is -2.41. The summed E-state index contributed by atoms with van der Waals surface area (Å²) in [6, 6.07) is 3.56. The first kappa shape index (κ1) is 17.3. The van der Waals surface area contributed by atoms with Crippen LogP contribution in [-0.4, -0.2) is 21.1 Å². The molecule has 1 aromatic rings. The van der Waals surface area contributed by atoms with Crippen molar-refractivity contribution in [1.82, 2.24) is 4.72 Å². The Labute approximate surface area is 134 Å². The van der Waals surface area contributed by atoms with Crippen LogP contribution in [0, 0.1) is 19.8 Å². The predicted octanol–water partition coefficient (Wildman–Crippen LogP) is 3.56. The number of ether oxygens (including phenoxy) is 1. The van der Waals surface area contributed by atoms with E-state index in [4.69, 9.17) is 4.74 Å². The smallest absolute Gasteiger partial charge is 0.244 e. The van der Waals surface area contributed by atoms with Gasteiger partial charge in [0.15, 0.2) is 0 Å². The molecule has 1 fully saturated rings. The first-order valence-corrected chi connectivity index (χ1v) is 9.60. The van der Waals surface area contributed by atoms with Gasteiger partial charge in [-0.3, -0.25) is 0 Å². The summed E-state index contributed by atoms with van der Waals surface area (Å²) in [4.78, 5) is 0.259. The monoisotopic (exact) mass is 325 g/mol. The SMILES string of the molecule is CCOc1cc(C)c(C)cc1S(=O)(=O)N[C@@H]1CCCC[C@H]1C. The van der Waals surface area contributed by atoms with Crippen LogP contribution in [0.3, 0.4) is 0 Å². The fraction of sp³-hybridized carbons (Fsp3) is 0.647. The number of rotatable bonds is 5. The molecule has 22 heavy (non-hydrogen) atoms. The second-order valence-corrected chi connectivity index (χ2v) is 7.99. The highest BCUT2D eigenvalue weighted by molar-refractivity contribution is 7.89. The fourth-order valence-electron chi connectivity index (χ4n) is 3.00. The normalized spacial score (nSPS) is 22.5. The molecule has 1 aliphatic carbocycles. The Kier molecular flexibility index (Phi) is 5.50. The molecule has 124 valence electrons. The topological polar surface area (TPSA) is 55.4 Å². The fourth-order valence-corrected chi connectivity index (χ4v) is 4.59. The van der Waals surface area contributed by atoms with Gasteiger partial charge >= 0.3 is 0 Å². The molecule has 1 aliphatic rings. The molecule has 0 saturated heterocycles. The molecule has 1 aromatic carbocycles. The number of sulfonamides is 1. The minimum absolute atomic E-state index is 0.0230. The first-order chi connectivity index (χ1) is 10.3. The van der Waals surface area contributed by atoms with Crippen molar-refractivity contribution in [2.75, 3.05) is 6.61 Å². The Hall–Kier alpha value is -1.07. The second-order valence-electron chi connectivity index (χ2n) is 6.31. The Morgan fingerprint density at radius 1 is 1.18 bits per heavy atom. The molecule has 0 bridgehead atoms. The minimum Gasteiger partial charge on any atom is -0.492 e. The van der Waals surface area contributed by atoms with E-state index in [1.807, 2.05) is 26.8 Å². The molecule has 4 nitrogen and oxygen atoms in total. The average molecular weight is 325 g/mol. The summed E-state index contributed by atoms with van der Waals surface area (Å²) in [5.74, 6) is 0.826. The van der Waals surface area contributed by atoms with Gasteiger partial charge in [0.1, 0.15) is 10.6 Å². The zero-order valence-corrected chi connectivity index (χ0v) is 14.8. The van der Waals surface area contributed by atoms with Crippen LogP contribution in [0.15, 0.2) is 17.0 Å². The van der Waals surface area contributed by atoms with Gasteiger partial charge < -0.3 is 4.74 Å². The van der Waals surface area contributed by atoms with E-state index in [-0.39, 0.29) is 10.9 Å². The van der Waals surface area contributed by atoms with Crippen LogP contribution in [0.1, 0.15) is 50.7 Å². The maximum atomic E-state index is 12.8. The van der Waals surface area contributed by atoms with E-state index >= 15 is 0 Å². The molecule has 0 heterocycles. The highest BCUT2D eigenvalue weighted by atomic mass is 32.2. The summed E-state index contributed by atoms with van der Waals surface area (Å²) in [6.45, 7) is 8.32. The zero-order valence-electron chi connectivity index (χ0n) is 14.0. The Balaban J connectivity index is 2.33. The van der Waals surface area contributed by atoms with Gasteiger partial charge in [-0.25, -0.2) is 13.1 Å². The lowest BCUT2D eigenvalue weighted by atomic mass is 9.87. The van der Waals surface area contributed by atoms with Crippen molar-refractivity contribution < 1.29 is 13.2 Å². The van der Waals surface area contributed by atoms with E-state index in [1.54, 1.807) is 6.07 Å². The standard InChI is InChI=1S/C17H27NO3S/c1-5-21-16-10-13(3)14(4)11-17(16)22(19,20)18-15-9-7-6-8-12(15)2/h10-12,15,18H,5-9H2,1-4H3/t12-,15-/m1/s1. The third-order valence-electron chi connectivity index (χ3n) is 4.57. The lowest BCUT2D eigenvalue weighted by Gasteiger charge is -2.29. The molecule has 0 aliphatic heterocycles. The van der Waals surface area contributed by atoms with Gasteiger partial charge in [0.2, 0.25) is 10.0 Å². The third-order valence-corrected chi connectivity index (χ3v) is 6.08. The van der Waals surface area contributed by atoms with E-state index in [1.165, 1.54) is 6.42 Å². The molecular weight excluding hydrogens is 298 g/mol. The van der Waals surface area contributed by atoms with Gasteiger partial charge in [-0.15, -0.1) is 0 Å². The quantitative estimate of drug-likeness (QED) is 0.900. The molecule has 2 rings (SSSR count). The van der Waals surface area contributed by atoms with Gasteiger partial charge in [-0.1, -0.05) is 19.8 Å². The van der Waals surface area contributed by atoms with Crippen molar-refractivity contribution >= 4 is 10.0 Å². The van der Waals surface area contributed by atoms with Crippen molar-refractivity contribution in [2.24, 2.45) is 5.92 Å². The third kappa shape index (κ3) is 3.82. The average Bonchev–Trinajstić information content (AvgIpc) is 2.45. The van der Waals surface area contributed by atoms with Gasteiger partial charge in [0.25, 0.3) is 0 Å².